The highest BCUT2D eigenvalue weighted by Crippen LogP contribution is 2.50. The third-order valence-electron chi connectivity index (χ3n) is 1.41. The average molecular weight is 193 g/mol. The quantitative estimate of drug-likeness (QED) is 0.303. The number of hydrogen-bond donors (Lipinski definition) is 1. The molecule has 1 saturated heterocycles. The van der Waals surface area contributed by atoms with Crippen molar-refractivity contribution < 1.29 is 19.4 Å². The Morgan fingerprint density at radius 3 is 2.42 bits per heavy atom. The smallest absolute Gasteiger partial charge is 0.351 e. The summed E-state index contributed by atoms with van der Waals surface area (Å²) in [5.41, 5.74) is 0.196. The molecule has 1 heterocycles. The number of hydrogen-bond acceptors (Lipinski definition) is 4. The molecule has 1 aliphatic rings. The van der Waals surface area contributed by atoms with Crippen molar-refractivity contribution in [1.29, 1.82) is 0 Å². The third-order valence-corrected chi connectivity index (χ3v) is 1.92. The minimum Gasteiger partial charge on any atom is -0.410 e. The molecule has 2 unspecified atom stereocenters. The van der Waals surface area contributed by atoms with Gasteiger partial charge in [-0.2, -0.15) is 0 Å². The van der Waals surface area contributed by atoms with Crippen molar-refractivity contribution in [2.75, 3.05) is 0 Å². The Bertz CT molecular complexity index is 248. The van der Waals surface area contributed by atoms with Crippen molar-refractivity contribution in [2.24, 2.45) is 0 Å². The van der Waals surface area contributed by atoms with Gasteiger partial charge in [-0.1, -0.05) is 6.58 Å². The van der Waals surface area contributed by atoms with Crippen LogP contribution in [-0.4, -0.2) is 22.1 Å². The Balaban J connectivity index is 2.55. The zero-order chi connectivity index (χ0) is 9.57. The van der Waals surface area contributed by atoms with E-state index in [0.717, 1.165) is 0 Å². The lowest BCUT2D eigenvalue weighted by atomic mass is 10.3. The summed E-state index contributed by atoms with van der Waals surface area (Å²) in [5.74, 6) is -2.29. The molecule has 0 aromatic carbocycles. The highest BCUT2D eigenvalue weighted by atomic mass is 35.5. The number of carbonyl (C=O) groups excluding carboxylic acids is 1. The number of esters is 1. The number of halogens is 1. The van der Waals surface area contributed by atoms with Gasteiger partial charge in [0.2, 0.25) is 0 Å². The topological polar surface area (TPSA) is 59.1 Å². The molecule has 0 aliphatic carbocycles. The van der Waals surface area contributed by atoms with E-state index in [1.807, 2.05) is 0 Å². The largest absolute Gasteiger partial charge is 0.410 e. The van der Waals surface area contributed by atoms with Crippen molar-refractivity contribution in [2.45, 2.75) is 24.9 Å². The Labute approximate surface area is 74.7 Å². The average Bonchev–Trinajstić information content (AvgIpc) is 2.30. The number of aliphatic hydroxyl groups is 1. The standard InChI is InChI=1S/C7H9ClO4/c1-4(2)5(9)11-7(8)6(3,10)12-7/h10H,1H2,2-3H3. The van der Waals surface area contributed by atoms with Gasteiger partial charge >= 0.3 is 11.2 Å². The first kappa shape index (κ1) is 9.51. The number of rotatable bonds is 2. The molecule has 0 radical (unpaired) electrons. The number of ether oxygens (including phenoxy) is 2. The Hall–Kier alpha value is -0.580. The van der Waals surface area contributed by atoms with E-state index in [1.54, 1.807) is 0 Å². The molecule has 1 aliphatic heterocycles. The lowest BCUT2D eigenvalue weighted by molar-refractivity contribution is -0.147. The molecule has 1 rings (SSSR count). The Morgan fingerprint density at radius 1 is 1.75 bits per heavy atom. The van der Waals surface area contributed by atoms with Gasteiger partial charge in [-0.25, -0.2) is 4.79 Å². The second-order valence-electron chi connectivity index (χ2n) is 2.79. The van der Waals surface area contributed by atoms with Crippen LogP contribution in [0.25, 0.3) is 0 Å². The van der Waals surface area contributed by atoms with Crippen molar-refractivity contribution in [3.8, 4) is 0 Å². The van der Waals surface area contributed by atoms with Crippen LogP contribution < -0.4 is 0 Å². The van der Waals surface area contributed by atoms with Crippen LogP contribution in [0.3, 0.4) is 0 Å². The van der Waals surface area contributed by atoms with E-state index in [2.05, 4.69) is 16.1 Å². The van der Waals surface area contributed by atoms with E-state index < -0.39 is 17.0 Å². The van der Waals surface area contributed by atoms with Crippen LogP contribution in [0.2, 0.25) is 0 Å². The first-order valence-corrected chi connectivity index (χ1v) is 3.66. The van der Waals surface area contributed by atoms with Crippen LogP contribution in [0.15, 0.2) is 12.2 Å². The summed E-state index contributed by atoms with van der Waals surface area (Å²) >= 11 is 5.52. The lowest BCUT2D eigenvalue weighted by Crippen LogP contribution is -2.23. The predicted octanol–water partition coefficient (Wildman–Crippen LogP) is 0.737. The van der Waals surface area contributed by atoms with Crippen molar-refractivity contribution >= 4 is 17.6 Å². The zero-order valence-corrected chi connectivity index (χ0v) is 7.51. The SMILES string of the molecule is C=C(C)C(=O)OC1(Cl)OC1(C)O. The fourth-order valence-electron chi connectivity index (χ4n) is 0.552. The molecule has 68 valence electrons. The van der Waals surface area contributed by atoms with Gasteiger partial charge in [0.25, 0.3) is 5.79 Å². The molecular weight excluding hydrogens is 184 g/mol. The van der Waals surface area contributed by atoms with Gasteiger partial charge in [0.15, 0.2) is 0 Å². The van der Waals surface area contributed by atoms with Crippen LogP contribution in [0.4, 0.5) is 0 Å². The Kier molecular flexibility index (Phi) is 1.94. The monoisotopic (exact) mass is 192 g/mol. The molecule has 0 aromatic rings. The predicted molar refractivity (Wildman–Crippen MR) is 41.2 cm³/mol. The zero-order valence-electron chi connectivity index (χ0n) is 6.76. The van der Waals surface area contributed by atoms with Gasteiger partial charge in [0.1, 0.15) is 0 Å². The molecule has 2 atom stereocenters. The van der Waals surface area contributed by atoms with Gasteiger partial charge in [0, 0.05) is 5.57 Å². The summed E-state index contributed by atoms with van der Waals surface area (Å²) in [6, 6.07) is 0. The molecule has 5 heteroatoms. The van der Waals surface area contributed by atoms with E-state index in [4.69, 9.17) is 16.7 Å². The van der Waals surface area contributed by atoms with E-state index in [1.165, 1.54) is 13.8 Å². The number of carbonyl (C=O) groups is 1. The molecule has 0 spiro atoms. The molecule has 0 saturated carbocycles. The fourth-order valence-corrected chi connectivity index (χ4v) is 0.772. The lowest BCUT2D eigenvalue weighted by Gasteiger charge is -2.06. The summed E-state index contributed by atoms with van der Waals surface area (Å²) < 4.78 is 9.13. The summed E-state index contributed by atoms with van der Waals surface area (Å²) in [7, 11) is 0. The van der Waals surface area contributed by atoms with E-state index in [0.29, 0.717) is 0 Å². The third kappa shape index (κ3) is 1.46. The fraction of sp³-hybridized carbons (Fsp3) is 0.571. The molecule has 0 bridgehead atoms. The first-order valence-electron chi connectivity index (χ1n) is 3.29. The molecule has 0 aromatic heterocycles. The van der Waals surface area contributed by atoms with Crippen LogP contribution in [0.5, 0.6) is 0 Å². The van der Waals surface area contributed by atoms with E-state index >= 15 is 0 Å². The molecule has 0 amide bonds. The molecule has 1 fully saturated rings. The highest BCUT2D eigenvalue weighted by molar-refractivity contribution is 6.25. The Morgan fingerprint density at radius 2 is 2.17 bits per heavy atom. The van der Waals surface area contributed by atoms with Crippen molar-refractivity contribution in [1.82, 2.24) is 0 Å². The normalized spacial score (nSPS) is 39.0. The first-order chi connectivity index (χ1) is 5.28. The summed E-state index contributed by atoms with van der Waals surface area (Å²) in [6.45, 7) is 6.11. The maximum absolute atomic E-state index is 10.9. The maximum atomic E-state index is 10.9. The summed E-state index contributed by atoms with van der Waals surface area (Å²) in [6.07, 6.45) is 0. The minimum absolute atomic E-state index is 0.196. The van der Waals surface area contributed by atoms with Crippen LogP contribution in [0, 0.1) is 0 Å². The van der Waals surface area contributed by atoms with Crippen LogP contribution >= 0.6 is 11.6 Å². The van der Waals surface area contributed by atoms with Crippen molar-refractivity contribution in [3.63, 3.8) is 0 Å². The van der Waals surface area contributed by atoms with Gasteiger partial charge in [-0.15, -0.1) is 0 Å². The van der Waals surface area contributed by atoms with E-state index in [9.17, 15) is 4.79 Å². The maximum Gasteiger partial charge on any atom is 0.351 e. The van der Waals surface area contributed by atoms with Crippen LogP contribution in [-0.2, 0) is 14.3 Å². The summed E-state index contributed by atoms with van der Waals surface area (Å²) in [5, 5.41) is 7.39. The molecular formula is C7H9ClO4. The van der Waals surface area contributed by atoms with Gasteiger partial charge in [-0.05, 0) is 25.4 Å². The second kappa shape index (κ2) is 2.45. The highest BCUT2D eigenvalue weighted by Gasteiger charge is 2.71. The molecule has 1 N–H and O–H groups in total. The van der Waals surface area contributed by atoms with Gasteiger partial charge in [-0.3, -0.25) is 4.74 Å². The summed E-state index contributed by atoms with van der Waals surface area (Å²) in [4.78, 5) is 10.9. The van der Waals surface area contributed by atoms with Gasteiger partial charge in [0.05, 0.1) is 0 Å². The number of alkyl halides is 1. The molecule has 4 nitrogen and oxygen atoms in total. The van der Waals surface area contributed by atoms with Crippen LogP contribution in [0.1, 0.15) is 13.8 Å². The van der Waals surface area contributed by atoms with Gasteiger partial charge < -0.3 is 9.84 Å². The van der Waals surface area contributed by atoms with Crippen molar-refractivity contribution in [3.05, 3.63) is 12.2 Å². The number of epoxide rings is 1. The minimum atomic E-state index is -1.73. The second-order valence-corrected chi connectivity index (χ2v) is 3.29. The van der Waals surface area contributed by atoms with E-state index in [-0.39, 0.29) is 5.57 Å². The molecule has 12 heavy (non-hydrogen) atoms.